The van der Waals surface area contributed by atoms with E-state index in [4.69, 9.17) is 6.57 Å². The zero-order valence-corrected chi connectivity index (χ0v) is 7.28. The second kappa shape index (κ2) is 2.87. The second-order valence-electron chi connectivity index (χ2n) is 2.94. The van der Waals surface area contributed by atoms with Crippen LogP contribution in [-0.4, -0.2) is 4.98 Å². The van der Waals surface area contributed by atoms with Crippen molar-refractivity contribution in [2.45, 2.75) is 6.92 Å². The molecule has 1 heterocycles. The molecule has 2 heteroatoms. The Morgan fingerprint density at radius 2 is 2.08 bits per heavy atom. The molecule has 2 aromatic rings. The van der Waals surface area contributed by atoms with Crippen LogP contribution < -0.4 is 0 Å². The Balaban J connectivity index is 2.75. The van der Waals surface area contributed by atoms with Crippen LogP contribution in [0.25, 0.3) is 15.7 Å². The van der Waals surface area contributed by atoms with E-state index in [-0.39, 0.29) is 0 Å². The number of aromatic nitrogens is 1. The largest absolute Gasteiger partial charge is 0.253 e. The number of benzene rings is 1. The molecule has 0 N–H and O–H groups in total. The summed E-state index contributed by atoms with van der Waals surface area (Å²) in [6.45, 7) is 8.83. The molecule has 2 rings (SSSR count). The van der Waals surface area contributed by atoms with Gasteiger partial charge in [0.05, 0.1) is 12.1 Å². The Hall–Kier alpha value is -1.88. The summed E-state index contributed by atoms with van der Waals surface area (Å²) in [6.07, 6.45) is 0. The first-order valence-corrected chi connectivity index (χ1v) is 4.04. The maximum Gasteiger partial charge on any atom is 0.187 e. The quantitative estimate of drug-likeness (QED) is 0.552. The van der Waals surface area contributed by atoms with Gasteiger partial charge in [0.15, 0.2) is 5.69 Å². The Morgan fingerprint density at radius 3 is 2.85 bits per heavy atom. The number of rotatable bonds is 0. The number of hydrogen-bond donors (Lipinski definition) is 0. The molecule has 0 atom stereocenters. The molecular formula is C11H8N2. The average Bonchev–Trinajstić information content (AvgIpc) is 2.17. The van der Waals surface area contributed by atoms with E-state index in [0.717, 1.165) is 16.6 Å². The minimum atomic E-state index is 0.665. The number of fused-ring (bicyclic) bond motifs is 1. The van der Waals surface area contributed by atoms with E-state index in [9.17, 15) is 0 Å². The van der Waals surface area contributed by atoms with E-state index >= 15 is 0 Å². The standard InChI is InChI=1S/C11H8N2/c1-8-3-4-9-7-10(12-2)5-6-11(9)13-8/h3-7H,1H3. The zero-order chi connectivity index (χ0) is 9.26. The lowest BCUT2D eigenvalue weighted by atomic mass is 10.2. The van der Waals surface area contributed by atoms with E-state index in [1.54, 1.807) is 6.07 Å². The van der Waals surface area contributed by atoms with Gasteiger partial charge in [-0.3, -0.25) is 4.98 Å². The van der Waals surface area contributed by atoms with Gasteiger partial charge in [0.1, 0.15) is 0 Å². The van der Waals surface area contributed by atoms with Crippen molar-refractivity contribution in [3.05, 3.63) is 47.4 Å². The van der Waals surface area contributed by atoms with Crippen molar-refractivity contribution in [1.29, 1.82) is 0 Å². The molecule has 0 bridgehead atoms. The van der Waals surface area contributed by atoms with E-state index in [2.05, 4.69) is 9.83 Å². The summed E-state index contributed by atoms with van der Waals surface area (Å²) in [5.41, 5.74) is 2.62. The van der Waals surface area contributed by atoms with Gasteiger partial charge in [0.25, 0.3) is 0 Å². The predicted octanol–water partition coefficient (Wildman–Crippen LogP) is 3.09. The highest BCUT2D eigenvalue weighted by atomic mass is 14.7. The van der Waals surface area contributed by atoms with Gasteiger partial charge in [-0.2, -0.15) is 0 Å². The molecule has 0 fully saturated rings. The lowest BCUT2D eigenvalue weighted by molar-refractivity contribution is 1.26. The first-order chi connectivity index (χ1) is 6.29. The first-order valence-electron chi connectivity index (χ1n) is 4.04. The molecule has 0 aliphatic carbocycles. The van der Waals surface area contributed by atoms with Gasteiger partial charge in [-0.15, -0.1) is 0 Å². The van der Waals surface area contributed by atoms with Crippen LogP contribution in [-0.2, 0) is 0 Å². The highest BCUT2D eigenvalue weighted by Gasteiger charge is 1.96. The fourth-order valence-electron chi connectivity index (χ4n) is 1.28. The summed E-state index contributed by atoms with van der Waals surface area (Å²) < 4.78 is 0. The summed E-state index contributed by atoms with van der Waals surface area (Å²) in [7, 11) is 0. The normalized spacial score (nSPS) is 9.85. The van der Waals surface area contributed by atoms with Gasteiger partial charge in [-0.25, -0.2) is 4.85 Å². The fraction of sp³-hybridized carbons (Fsp3) is 0.0909. The van der Waals surface area contributed by atoms with Crippen LogP contribution in [0.2, 0.25) is 0 Å². The minimum absolute atomic E-state index is 0.665. The van der Waals surface area contributed by atoms with Crippen molar-refractivity contribution in [3.8, 4) is 0 Å². The average molecular weight is 168 g/mol. The van der Waals surface area contributed by atoms with Crippen molar-refractivity contribution in [2.75, 3.05) is 0 Å². The van der Waals surface area contributed by atoms with Gasteiger partial charge < -0.3 is 0 Å². The van der Waals surface area contributed by atoms with E-state index in [0.29, 0.717) is 5.69 Å². The molecule has 1 aromatic carbocycles. The van der Waals surface area contributed by atoms with Crippen LogP contribution >= 0.6 is 0 Å². The molecule has 0 unspecified atom stereocenters. The third-order valence-corrected chi connectivity index (χ3v) is 1.94. The number of aryl methyl sites for hydroxylation is 1. The predicted molar refractivity (Wildman–Crippen MR) is 52.7 cm³/mol. The summed E-state index contributed by atoms with van der Waals surface area (Å²) in [6, 6.07) is 9.48. The van der Waals surface area contributed by atoms with Crippen molar-refractivity contribution < 1.29 is 0 Å². The van der Waals surface area contributed by atoms with Gasteiger partial charge in [0.2, 0.25) is 0 Å². The number of hydrogen-bond acceptors (Lipinski definition) is 1. The third kappa shape index (κ3) is 1.36. The third-order valence-electron chi connectivity index (χ3n) is 1.94. The van der Waals surface area contributed by atoms with E-state index in [1.807, 2.05) is 31.2 Å². The molecule has 2 nitrogen and oxygen atoms in total. The monoisotopic (exact) mass is 168 g/mol. The lowest BCUT2D eigenvalue weighted by Crippen LogP contribution is -1.81. The maximum atomic E-state index is 6.87. The Labute approximate surface area is 76.7 Å². The highest BCUT2D eigenvalue weighted by molar-refractivity contribution is 5.82. The van der Waals surface area contributed by atoms with Crippen LogP contribution in [0.15, 0.2) is 30.3 Å². The van der Waals surface area contributed by atoms with Crippen LogP contribution in [0.1, 0.15) is 5.69 Å². The lowest BCUT2D eigenvalue weighted by Gasteiger charge is -1.98. The SMILES string of the molecule is [C-]#[N+]c1ccc2nc(C)ccc2c1. The summed E-state index contributed by atoms with van der Waals surface area (Å²) in [5, 5.41) is 1.03. The molecule has 0 amide bonds. The molecule has 0 aliphatic heterocycles. The Kier molecular flexibility index (Phi) is 1.71. The minimum Gasteiger partial charge on any atom is -0.253 e. The summed E-state index contributed by atoms with van der Waals surface area (Å²) in [5.74, 6) is 0. The molecule has 62 valence electrons. The second-order valence-corrected chi connectivity index (χ2v) is 2.94. The van der Waals surface area contributed by atoms with Gasteiger partial charge in [-0.05, 0) is 30.5 Å². The molecule has 0 aliphatic rings. The van der Waals surface area contributed by atoms with Crippen molar-refractivity contribution in [2.24, 2.45) is 0 Å². The van der Waals surface area contributed by atoms with Gasteiger partial charge >= 0.3 is 0 Å². The maximum absolute atomic E-state index is 6.87. The van der Waals surface area contributed by atoms with Crippen molar-refractivity contribution in [1.82, 2.24) is 4.98 Å². The molecule has 13 heavy (non-hydrogen) atoms. The van der Waals surface area contributed by atoms with E-state index < -0.39 is 0 Å². The molecule has 1 aromatic heterocycles. The number of nitrogens with zero attached hydrogens (tertiary/aromatic N) is 2. The zero-order valence-electron chi connectivity index (χ0n) is 7.28. The fourth-order valence-corrected chi connectivity index (χ4v) is 1.28. The van der Waals surface area contributed by atoms with Crippen LogP contribution in [0.5, 0.6) is 0 Å². The highest BCUT2D eigenvalue weighted by Crippen LogP contribution is 2.19. The number of pyridine rings is 1. The van der Waals surface area contributed by atoms with Gasteiger partial charge in [-0.1, -0.05) is 12.1 Å². The smallest absolute Gasteiger partial charge is 0.187 e. The summed E-state index contributed by atoms with van der Waals surface area (Å²) >= 11 is 0. The topological polar surface area (TPSA) is 17.2 Å². The van der Waals surface area contributed by atoms with Gasteiger partial charge in [0, 0.05) is 5.69 Å². The Morgan fingerprint density at radius 1 is 1.23 bits per heavy atom. The van der Waals surface area contributed by atoms with E-state index in [1.165, 1.54) is 0 Å². The molecule has 0 saturated carbocycles. The van der Waals surface area contributed by atoms with Crippen molar-refractivity contribution >= 4 is 16.6 Å². The van der Waals surface area contributed by atoms with Crippen LogP contribution in [0.3, 0.4) is 0 Å². The molecular weight excluding hydrogens is 160 g/mol. The first kappa shape index (κ1) is 7.75. The molecule has 0 saturated heterocycles. The van der Waals surface area contributed by atoms with Crippen molar-refractivity contribution in [3.63, 3.8) is 0 Å². The molecule has 0 radical (unpaired) electrons. The summed E-state index contributed by atoms with van der Waals surface area (Å²) in [4.78, 5) is 7.71. The van der Waals surface area contributed by atoms with Crippen LogP contribution in [0.4, 0.5) is 5.69 Å². The Bertz CT molecular complexity index is 495. The van der Waals surface area contributed by atoms with Crippen LogP contribution in [0, 0.1) is 13.5 Å². The molecule has 0 spiro atoms.